The van der Waals surface area contributed by atoms with Crippen molar-refractivity contribution in [2.75, 3.05) is 51.4 Å². The molecular formula is C20H33N5O2. The van der Waals surface area contributed by atoms with Gasteiger partial charge in [-0.25, -0.2) is 4.98 Å². The van der Waals surface area contributed by atoms with Crippen LogP contribution < -0.4 is 15.5 Å². The van der Waals surface area contributed by atoms with Crippen molar-refractivity contribution < 1.29 is 9.47 Å². The van der Waals surface area contributed by atoms with Crippen molar-refractivity contribution in [1.29, 1.82) is 0 Å². The molecule has 2 saturated heterocycles. The lowest BCUT2D eigenvalue weighted by atomic mass is 10.2. The second-order valence-electron chi connectivity index (χ2n) is 7.13. The Kier molecular flexibility index (Phi) is 8.17. The molecule has 2 fully saturated rings. The average molecular weight is 376 g/mol. The number of pyridine rings is 1. The van der Waals surface area contributed by atoms with Crippen molar-refractivity contribution in [2.24, 2.45) is 4.99 Å². The number of aromatic nitrogens is 1. The fraction of sp³-hybridized carbons (Fsp3) is 0.700. The molecule has 0 radical (unpaired) electrons. The number of guanidine groups is 1. The van der Waals surface area contributed by atoms with Gasteiger partial charge in [-0.05, 0) is 49.8 Å². The Bertz CT molecular complexity index is 583. The first-order chi connectivity index (χ1) is 13.3. The summed E-state index contributed by atoms with van der Waals surface area (Å²) in [6.07, 6.45) is 7.96. The van der Waals surface area contributed by atoms with E-state index in [0.29, 0.717) is 12.7 Å². The van der Waals surface area contributed by atoms with Gasteiger partial charge in [-0.1, -0.05) is 0 Å². The van der Waals surface area contributed by atoms with Gasteiger partial charge in [-0.15, -0.1) is 0 Å². The Balaban J connectivity index is 1.31. The van der Waals surface area contributed by atoms with E-state index in [1.807, 2.05) is 6.20 Å². The highest BCUT2D eigenvalue weighted by Gasteiger charge is 2.15. The van der Waals surface area contributed by atoms with E-state index in [0.717, 1.165) is 70.4 Å². The van der Waals surface area contributed by atoms with Crippen LogP contribution in [0.15, 0.2) is 23.3 Å². The fourth-order valence-corrected chi connectivity index (χ4v) is 3.47. The van der Waals surface area contributed by atoms with E-state index in [-0.39, 0.29) is 0 Å². The van der Waals surface area contributed by atoms with E-state index in [1.54, 1.807) is 7.05 Å². The number of ether oxygens (including phenoxy) is 2. The standard InChI is InChI=1S/C20H33N5O2/c1-21-20(23-8-5-12-26-16-18-6-4-13-27-18)24-15-17-7-9-22-19(14-17)25-10-2-3-11-25/h7,9,14,18H,2-6,8,10-13,15-16H2,1H3,(H2,21,23,24). The van der Waals surface area contributed by atoms with Crippen molar-refractivity contribution in [3.8, 4) is 0 Å². The minimum Gasteiger partial charge on any atom is -0.379 e. The van der Waals surface area contributed by atoms with Crippen LogP contribution in [-0.4, -0.2) is 63.6 Å². The molecule has 0 amide bonds. The van der Waals surface area contributed by atoms with E-state index >= 15 is 0 Å². The van der Waals surface area contributed by atoms with E-state index < -0.39 is 0 Å². The van der Waals surface area contributed by atoms with Crippen LogP contribution in [0.1, 0.15) is 37.7 Å². The van der Waals surface area contributed by atoms with Crippen molar-refractivity contribution in [3.05, 3.63) is 23.9 Å². The second-order valence-corrected chi connectivity index (χ2v) is 7.13. The largest absolute Gasteiger partial charge is 0.379 e. The highest BCUT2D eigenvalue weighted by Crippen LogP contribution is 2.18. The van der Waals surface area contributed by atoms with Gasteiger partial charge in [-0.2, -0.15) is 0 Å². The van der Waals surface area contributed by atoms with Crippen molar-refractivity contribution in [1.82, 2.24) is 15.6 Å². The Hall–Kier alpha value is -1.86. The lowest BCUT2D eigenvalue weighted by Gasteiger charge is -2.17. The molecule has 0 aliphatic carbocycles. The monoisotopic (exact) mass is 375 g/mol. The van der Waals surface area contributed by atoms with Crippen LogP contribution in [0.25, 0.3) is 0 Å². The summed E-state index contributed by atoms with van der Waals surface area (Å²) in [6.45, 7) is 6.14. The molecule has 150 valence electrons. The van der Waals surface area contributed by atoms with Crippen molar-refractivity contribution >= 4 is 11.8 Å². The minimum atomic E-state index is 0.304. The number of hydrogen-bond acceptors (Lipinski definition) is 5. The first kappa shape index (κ1) is 19.9. The Morgan fingerprint density at radius 1 is 1.33 bits per heavy atom. The quantitative estimate of drug-likeness (QED) is 0.390. The van der Waals surface area contributed by atoms with Crippen molar-refractivity contribution in [3.63, 3.8) is 0 Å². The van der Waals surface area contributed by atoms with Gasteiger partial charge < -0.3 is 25.0 Å². The second kappa shape index (κ2) is 11.1. The van der Waals surface area contributed by atoms with E-state index in [1.165, 1.54) is 18.4 Å². The molecular weight excluding hydrogens is 342 g/mol. The van der Waals surface area contributed by atoms with E-state index in [2.05, 4.69) is 37.6 Å². The Morgan fingerprint density at radius 2 is 2.22 bits per heavy atom. The summed E-state index contributed by atoms with van der Waals surface area (Å²) < 4.78 is 11.2. The summed E-state index contributed by atoms with van der Waals surface area (Å²) in [6, 6.07) is 4.23. The van der Waals surface area contributed by atoms with Gasteiger partial charge in [0.2, 0.25) is 0 Å². The molecule has 1 unspecified atom stereocenters. The van der Waals surface area contributed by atoms with Crippen LogP contribution in [0.4, 0.5) is 5.82 Å². The summed E-state index contributed by atoms with van der Waals surface area (Å²) in [4.78, 5) is 11.2. The Morgan fingerprint density at radius 3 is 3.00 bits per heavy atom. The molecule has 27 heavy (non-hydrogen) atoms. The van der Waals surface area contributed by atoms with Crippen LogP contribution >= 0.6 is 0 Å². The van der Waals surface area contributed by atoms with Gasteiger partial charge >= 0.3 is 0 Å². The third-order valence-corrected chi connectivity index (χ3v) is 5.01. The van der Waals surface area contributed by atoms with Crippen LogP contribution in [-0.2, 0) is 16.0 Å². The molecule has 1 aromatic heterocycles. The average Bonchev–Trinajstić information content (AvgIpc) is 3.41. The highest BCUT2D eigenvalue weighted by atomic mass is 16.5. The lowest BCUT2D eigenvalue weighted by Crippen LogP contribution is -2.37. The van der Waals surface area contributed by atoms with Crippen LogP contribution in [0.2, 0.25) is 0 Å². The predicted molar refractivity (Wildman–Crippen MR) is 108 cm³/mol. The van der Waals surface area contributed by atoms with Gasteiger partial charge in [0.25, 0.3) is 0 Å². The smallest absolute Gasteiger partial charge is 0.191 e. The molecule has 3 rings (SSSR count). The number of rotatable bonds is 9. The zero-order valence-electron chi connectivity index (χ0n) is 16.5. The maximum absolute atomic E-state index is 5.69. The molecule has 0 spiro atoms. The predicted octanol–water partition coefficient (Wildman–Crippen LogP) is 1.93. The summed E-state index contributed by atoms with van der Waals surface area (Å²) in [5.74, 6) is 1.90. The molecule has 7 nitrogen and oxygen atoms in total. The summed E-state index contributed by atoms with van der Waals surface area (Å²) in [7, 11) is 1.80. The molecule has 7 heteroatoms. The van der Waals surface area contributed by atoms with Gasteiger partial charge in [0.05, 0.1) is 12.7 Å². The summed E-state index contributed by atoms with van der Waals surface area (Å²) in [5, 5.41) is 6.71. The number of aliphatic imine (C=N–C) groups is 1. The first-order valence-corrected chi connectivity index (χ1v) is 10.2. The molecule has 0 aromatic carbocycles. The maximum Gasteiger partial charge on any atom is 0.191 e. The van der Waals surface area contributed by atoms with Gasteiger partial charge in [0.1, 0.15) is 5.82 Å². The molecule has 1 aromatic rings. The van der Waals surface area contributed by atoms with Gasteiger partial charge in [-0.3, -0.25) is 4.99 Å². The molecule has 2 N–H and O–H groups in total. The van der Waals surface area contributed by atoms with Crippen molar-refractivity contribution in [2.45, 2.75) is 44.8 Å². The van der Waals surface area contributed by atoms with Crippen LogP contribution in [0.3, 0.4) is 0 Å². The topological polar surface area (TPSA) is 71.0 Å². The van der Waals surface area contributed by atoms with E-state index in [9.17, 15) is 0 Å². The third kappa shape index (κ3) is 6.66. The number of nitrogens with zero attached hydrogens (tertiary/aromatic N) is 3. The summed E-state index contributed by atoms with van der Waals surface area (Å²) >= 11 is 0. The Labute approximate surface area is 162 Å². The highest BCUT2D eigenvalue weighted by molar-refractivity contribution is 5.79. The fourth-order valence-electron chi connectivity index (χ4n) is 3.47. The zero-order chi connectivity index (χ0) is 18.7. The third-order valence-electron chi connectivity index (χ3n) is 5.01. The zero-order valence-corrected chi connectivity index (χ0v) is 16.5. The molecule has 2 aliphatic heterocycles. The first-order valence-electron chi connectivity index (χ1n) is 10.2. The number of nitrogens with one attached hydrogen (secondary N) is 2. The molecule has 3 heterocycles. The van der Waals surface area contributed by atoms with Crippen LogP contribution in [0, 0.1) is 0 Å². The lowest BCUT2D eigenvalue weighted by molar-refractivity contribution is 0.0168. The summed E-state index contributed by atoms with van der Waals surface area (Å²) in [5.41, 5.74) is 1.22. The molecule has 2 aliphatic rings. The SMILES string of the molecule is CN=C(NCCCOCC1CCCO1)NCc1ccnc(N2CCCC2)c1. The number of hydrogen-bond donors (Lipinski definition) is 2. The van der Waals surface area contributed by atoms with E-state index in [4.69, 9.17) is 9.47 Å². The van der Waals surface area contributed by atoms with Gasteiger partial charge in [0, 0.05) is 52.6 Å². The molecule has 0 bridgehead atoms. The molecule has 1 atom stereocenters. The maximum atomic E-state index is 5.69. The van der Waals surface area contributed by atoms with Gasteiger partial charge in [0.15, 0.2) is 5.96 Å². The minimum absolute atomic E-state index is 0.304. The molecule has 0 saturated carbocycles. The van der Waals surface area contributed by atoms with Crippen LogP contribution in [0.5, 0.6) is 0 Å². The number of anilines is 1. The normalized spacial score (nSPS) is 20.3.